The van der Waals surface area contributed by atoms with Gasteiger partial charge in [-0.2, -0.15) is 0 Å². The number of carbonyl (C=O) groups is 1. The summed E-state index contributed by atoms with van der Waals surface area (Å²) in [5, 5.41) is 11.5. The maximum Gasteiger partial charge on any atom is 0.254 e. The van der Waals surface area contributed by atoms with Gasteiger partial charge in [0.2, 0.25) is 0 Å². The van der Waals surface area contributed by atoms with Crippen LogP contribution in [0.2, 0.25) is 10.0 Å². The van der Waals surface area contributed by atoms with Crippen molar-refractivity contribution in [3.8, 4) is 5.75 Å². The molecular formula is C29H31Cl2IN2O3. The number of alkyl halides is 1. The fraction of sp³-hybridized carbons (Fsp3) is 0.552. The number of phenolic OH excluding ortho intramolecular Hbond substituents is 1. The van der Waals surface area contributed by atoms with Gasteiger partial charge in [-0.3, -0.25) is 9.69 Å². The molecule has 8 heteroatoms. The van der Waals surface area contributed by atoms with Gasteiger partial charge in [-0.1, -0.05) is 51.9 Å². The molecule has 4 fully saturated rings. The molecule has 0 radical (unpaired) electrons. The van der Waals surface area contributed by atoms with Gasteiger partial charge in [-0.15, -0.1) is 0 Å². The lowest BCUT2D eigenvalue weighted by Gasteiger charge is -2.65. The number of phenols is 1. The second-order valence-corrected chi connectivity index (χ2v) is 13.2. The predicted octanol–water partition coefficient (Wildman–Crippen LogP) is 6.06. The zero-order valence-corrected chi connectivity index (χ0v) is 24.3. The number of nitrogens with zero attached hydrogens (tertiary/aromatic N) is 2. The molecule has 0 spiro atoms. The van der Waals surface area contributed by atoms with Gasteiger partial charge in [-0.25, -0.2) is 0 Å². The summed E-state index contributed by atoms with van der Waals surface area (Å²) in [6, 6.07) is 11.5. The lowest BCUT2D eigenvalue weighted by atomic mass is 9.46. The van der Waals surface area contributed by atoms with Crippen molar-refractivity contribution < 1.29 is 14.6 Å². The van der Waals surface area contributed by atoms with Gasteiger partial charge in [0.1, 0.15) is 5.75 Å². The molecule has 5 nitrogen and oxygen atoms in total. The number of ether oxygens (including phenoxy) is 1. The molecule has 2 saturated heterocycles. The van der Waals surface area contributed by atoms with E-state index in [1.165, 1.54) is 30.5 Å². The fourth-order valence-electron chi connectivity index (χ4n) is 8.43. The summed E-state index contributed by atoms with van der Waals surface area (Å²) in [6.07, 6.45) is 6.50. The Balaban J connectivity index is 1.31. The molecule has 3 aliphatic carbocycles. The molecule has 5 aliphatic rings. The molecule has 1 N–H and O–H groups in total. The van der Waals surface area contributed by atoms with Crippen LogP contribution in [0, 0.1) is 11.8 Å². The Morgan fingerprint density at radius 1 is 1.14 bits per heavy atom. The SMILES string of the molecule is O=C(c1cc(Cl)cc(Cl)c1)N(CI)C1CCC23OCC1C21CCN(CC2CC2)C3Cc2ccc(O)cc21. The minimum atomic E-state index is -0.262. The summed E-state index contributed by atoms with van der Waals surface area (Å²) >= 11 is 14.8. The highest BCUT2D eigenvalue weighted by atomic mass is 127. The van der Waals surface area contributed by atoms with Crippen LogP contribution in [0.5, 0.6) is 5.75 Å². The molecule has 0 aromatic heterocycles. The number of hydrogen-bond acceptors (Lipinski definition) is 4. The van der Waals surface area contributed by atoms with Gasteiger partial charge in [0.25, 0.3) is 5.91 Å². The smallest absolute Gasteiger partial charge is 0.254 e. The van der Waals surface area contributed by atoms with Crippen molar-refractivity contribution in [2.45, 2.75) is 61.6 Å². The van der Waals surface area contributed by atoms with Crippen LogP contribution in [0.25, 0.3) is 0 Å². The number of amides is 1. The van der Waals surface area contributed by atoms with Crippen molar-refractivity contribution in [3.63, 3.8) is 0 Å². The van der Waals surface area contributed by atoms with E-state index in [9.17, 15) is 9.90 Å². The molecule has 2 aromatic rings. The Kier molecular flexibility index (Phi) is 6.06. The van der Waals surface area contributed by atoms with Gasteiger partial charge in [0, 0.05) is 45.6 Å². The van der Waals surface area contributed by atoms with Crippen LogP contribution in [0.3, 0.4) is 0 Å². The summed E-state index contributed by atoms with van der Waals surface area (Å²) in [5.41, 5.74) is 2.66. The van der Waals surface area contributed by atoms with Crippen LogP contribution in [0.1, 0.15) is 53.6 Å². The molecule has 4 bridgehead atoms. The van der Waals surface area contributed by atoms with Crippen molar-refractivity contribution in [2.24, 2.45) is 11.8 Å². The molecule has 5 atom stereocenters. The third kappa shape index (κ3) is 3.65. The number of likely N-dealkylation sites (tertiary alicyclic amines) is 1. The first-order chi connectivity index (χ1) is 17.9. The van der Waals surface area contributed by atoms with Gasteiger partial charge in [0.05, 0.1) is 16.8 Å². The van der Waals surface area contributed by atoms with Crippen LogP contribution < -0.4 is 0 Å². The van der Waals surface area contributed by atoms with E-state index in [2.05, 4.69) is 33.6 Å². The lowest BCUT2D eigenvalue weighted by molar-refractivity contribution is -0.152. The van der Waals surface area contributed by atoms with Gasteiger partial charge < -0.3 is 14.7 Å². The topological polar surface area (TPSA) is 53.0 Å². The van der Waals surface area contributed by atoms with Gasteiger partial charge in [0.15, 0.2) is 0 Å². The summed E-state index contributed by atoms with van der Waals surface area (Å²) < 4.78 is 7.58. The van der Waals surface area contributed by atoms with Crippen molar-refractivity contribution in [1.82, 2.24) is 9.80 Å². The highest BCUT2D eigenvalue weighted by Gasteiger charge is 2.73. The lowest BCUT2D eigenvalue weighted by Crippen LogP contribution is -2.74. The number of fused-ring (bicyclic) bond motifs is 1. The Labute approximate surface area is 241 Å². The van der Waals surface area contributed by atoms with E-state index in [-0.39, 0.29) is 28.9 Å². The average Bonchev–Trinajstić information content (AvgIpc) is 3.65. The second kappa shape index (κ2) is 8.98. The zero-order chi connectivity index (χ0) is 25.5. The number of piperidine rings is 1. The van der Waals surface area contributed by atoms with E-state index < -0.39 is 0 Å². The number of benzene rings is 2. The van der Waals surface area contributed by atoms with E-state index >= 15 is 0 Å². The predicted molar refractivity (Wildman–Crippen MR) is 153 cm³/mol. The van der Waals surface area contributed by atoms with E-state index in [4.69, 9.17) is 27.9 Å². The van der Waals surface area contributed by atoms with Crippen molar-refractivity contribution in [1.29, 1.82) is 0 Å². The number of halogens is 3. The third-order valence-corrected chi connectivity index (χ3v) is 11.2. The highest BCUT2D eigenvalue weighted by molar-refractivity contribution is 14.1. The molecule has 5 unspecified atom stereocenters. The Bertz CT molecular complexity index is 1250. The molecule has 2 aromatic carbocycles. The zero-order valence-electron chi connectivity index (χ0n) is 20.6. The summed E-state index contributed by atoms with van der Waals surface area (Å²) in [4.78, 5) is 18.6. The number of aromatic hydroxyl groups is 1. The van der Waals surface area contributed by atoms with E-state index in [1.54, 1.807) is 18.2 Å². The summed E-state index contributed by atoms with van der Waals surface area (Å²) in [6.45, 7) is 2.86. The number of carbonyl (C=O) groups excluding carboxylic acids is 1. The van der Waals surface area contributed by atoms with Crippen molar-refractivity contribution in [2.75, 3.05) is 24.2 Å². The maximum absolute atomic E-state index is 13.9. The van der Waals surface area contributed by atoms with Gasteiger partial charge >= 0.3 is 0 Å². The molecular weight excluding hydrogens is 622 g/mol. The first kappa shape index (κ1) is 24.9. The average molecular weight is 653 g/mol. The number of hydrogen-bond donors (Lipinski definition) is 1. The van der Waals surface area contributed by atoms with Crippen LogP contribution >= 0.6 is 45.8 Å². The largest absolute Gasteiger partial charge is 0.508 e. The molecule has 7 rings (SSSR count). The first-order valence-corrected chi connectivity index (χ1v) is 15.7. The Morgan fingerprint density at radius 2 is 1.92 bits per heavy atom. The van der Waals surface area contributed by atoms with Crippen LogP contribution in [-0.2, 0) is 16.6 Å². The minimum absolute atomic E-state index is 0.0331. The highest BCUT2D eigenvalue weighted by Crippen LogP contribution is 2.66. The molecule has 37 heavy (non-hydrogen) atoms. The fourth-order valence-corrected chi connectivity index (χ4v) is 9.77. The normalized spacial score (nSPS) is 34.1. The van der Waals surface area contributed by atoms with Crippen molar-refractivity contribution >= 4 is 51.7 Å². The standard InChI is InChI=1S/C29H31Cl2IN2O3/c30-20-9-19(10-21(31)12-20)27(36)34(16-32)25-5-6-29-26-11-18-3-4-22(35)13-23(18)28(29,24(25)15-37-29)7-8-33(26)14-17-1-2-17/h3-4,9-10,12-13,17,24-26,35H,1-2,5-8,11,14-16H2. The second-order valence-electron chi connectivity index (χ2n) is 11.7. The van der Waals surface area contributed by atoms with Gasteiger partial charge in [-0.05, 0) is 92.4 Å². The molecule has 196 valence electrons. The molecule has 2 saturated carbocycles. The van der Waals surface area contributed by atoms with Crippen LogP contribution in [0.4, 0.5) is 0 Å². The molecule has 2 heterocycles. The van der Waals surface area contributed by atoms with E-state index in [1.807, 2.05) is 17.0 Å². The van der Waals surface area contributed by atoms with Crippen LogP contribution in [-0.4, -0.2) is 62.7 Å². The molecule has 1 amide bonds. The Morgan fingerprint density at radius 3 is 2.65 bits per heavy atom. The van der Waals surface area contributed by atoms with E-state index in [0.717, 1.165) is 38.1 Å². The molecule has 2 aliphatic heterocycles. The summed E-state index contributed by atoms with van der Waals surface area (Å²) in [7, 11) is 0. The first-order valence-electron chi connectivity index (χ1n) is 13.4. The Hall–Kier alpha value is -1.06. The third-order valence-electron chi connectivity index (χ3n) is 10.0. The quantitative estimate of drug-likeness (QED) is 0.243. The van der Waals surface area contributed by atoms with E-state index in [0.29, 0.717) is 38.6 Å². The maximum atomic E-state index is 13.9. The van der Waals surface area contributed by atoms with Crippen LogP contribution in [0.15, 0.2) is 36.4 Å². The monoisotopic (exact) mass is 652 g/mol. The van der Waals surface area contributed by atoms with Crippen molar-refractivity contribution in [3.05, 3.63) is 63.1 Å². The summed E-state index contributed by atoms with van der Waals surface area (Å²) in [5.74, 6) is 1.28. The minimum Gasteiger partial charge on any atom is -0.508 e. The number of rotatable bonds is 5.